The molecule has 0 spiro atoms. The number of aromatic nitrogens is 3. The zero-order chi connectivity index (χ0) is 19.2. The Kier molecular flexibility index (Phi) is 5.66. The lowest BCUT2D eigenvalue weighted by Crippen LogP contribution is -2.39. The van der Waals surface area contributed by atoms with Gasteiger partial charge in [-0.05, 0) is 36.5 Å². The molecule has 144 valence electrons. The highest BCUT2D eigenvalue weighted by molar-refractivity contribution is 5.74. The van der Waals surface area contributed by atoms with E-state index in [-0.39, 0.29) is 6.03 Å². The number of carbonyl (C=O) groups excluding carboxylic acids is 1. The summed E-state index contributed by atoms with van der Waals surface area (Å²) in [5, 5.41) is 11.4. The maximum absolute atomic E-state index is 12.5. The predicted molar refractivity (Wildman–Crippen MR) is 108 cm³/mol. The molecule has 1 aromatic heterocycles. The van der Waals surface area contributed by atoms with Crippen molar-refractivity contribution in [3.63, 3.8) is 0 Å². The lowest BCUT2D eigenvalue weighted by atomic mass is 10.0. The fourth-order valence-corrected chi connectivity index (χ4v) is 3.71. The molecule has 1 fully saturated rings. The van der Waals surface area contributed by atoms with Gasteiger partial charge in [-0.15, -0.1) is 10.2 Å². The van der Waals surface area contributed by atoms with Gasteiger partial charge in [-0.1, -0.05) is 48.5 Å². The number of benzene rings is 2. The van der Waals surface area contributed by atoms with Crippen molar-refractivity contribution >= 4 is 6.03 Å². The average Bonchev–Trinajstić information content (AvgIpc) is 3.39. The maximum Gasteiger partial charge on any atom is 0.317 e. The summed E-state index contributed by atoms with van der Waals surface area (Å²) >= 11 is 0. The Hall–Kier alpha value is -3.15. The van der Waals surface area contributed by atoms with Gasteiger partial charge in [-0.25, -0.2) is 4.79 Å². The third kappa shape index (κ3) is 4.39. The van der Waals surface area contributed by atoms with Gasteiger partial charge >= 0.3 is 6.03 Å². The van der Waals surface area contributed by atoms with Crippen LogP contribution < -0.4 is 5.32 Å². The van der Waals surface area contributed by atoms with Crippen molar-refractivity contribution in [2.45, 2.75) is 19.3 Å². The topological polar surface area (TPSA) is 63.1 Å². The third-order valence-corrected chi connectivity index (χ3v) is 5.23. The Morgan fingerprint density at radius 1 is 1.07 bits per heavy atom. The summed E-state index contributed by atoms with van der Waals surface area (Å²) in [4.78, 5) is 14.4. The number of urea groups is 1. The van der Waals surface area contributed by atoms with E-state index >= 15 is 0 Å². The van der Waals surface area contributed by atoms with E-state index in [1.165, 1.54) is 5.56 Å². The molecule has 1 saturated heterocycles. The summed E-state index contributed by atoms with van der Waals surface area (Å²) in [7, 11) is 0. The van der Waals surface area contributed by atoms with Crippen molar-refractivity contribution in [1.29, 1.82) is 0 Å². The lowest BCUT2D eigenvalue weighted by Gasteiger charge is -2.17. The van der Waals surface area contributed by atoms with Crippen molar-refractivity contribution in [2.75, 3.05) is 19.6 Å². The largest absolute Gasteiger partial charge is 0.338 e. The first-order valence-electron chi connectivity index (χ1n) is 9.80. The molecule has 0 bridgehead atoms. The van der Waals surface area contributed by atoms with Gasteiger partial charge in [-0.3, -0.25) is 4.57 Å². The van der Waals surface area contributed by atoms with Gasteiger partial charge in [0.15, 0.2) is 0 Å². The van der Waals surface area contributed by atoms with Gasteiger partial charge in [0.1, 0.15) is 12.2 Å². The molecule has 6 nitrogen and oxygen atoms in total. The molecular formula is C22H25N5O. The lowest BCUT2D eigenvalue weighted by molar-refractivity contribution is 0.207. The van der Waals surface area contributed by atoms with E-state index in [0.717, 1.165) is 43.9 Å². The molecule has 2 heterocycles. The van der Waals surface area contributed by atoms with Crippen molar-refractivity contribution in [1.82, 2.24) is 25.0 Å². The van der Waals surface area contributed by atoms with Gasteiger partial charge < -0.3 is 10.2 Å². The molecule has 1 unspecified atom stereocenters. The van der Waals surface area contributed by atoms with Crippen LogP contribution in [-0.4, -0.2) is 45.3 Å². The summed E-state index contributed by atoms with van der Waals surface area (Å²) in [5.41, 5.74) is 2.30. The number of hydrogen-bond acceptors (Lipinski definition) is 3. The third-order valence-electron chi connectivity index (χ3n) is 5.23. The van der Waals surface area contributed by atoms with Gasteiger partial charge in [-0.2, -0.15) is 0 Å². The fourth-order valence-electron chi connectivity index (χ4n) is 3.71. The number of nitrogens with zero attached hydrogens (tertiary/aromatic N) is 4. The summed E-state index contributed by atoms with van der Waals surface area (Å²) in [6.07, 6.45) is 4.42. The van der Waals surface area contributed by atoms with Crippen LogP contribution in [0.4, 0.5) is 4.79 Å². The minimum Gasteiger partial charge on any atom is -0.338 e. The van der Waals surface area contributed by atoms with Gasteiger partial charge in [0, 0.05) is 31.7 Å². The first-order chi connectivity index (χ1) is 13.8. The van der Waals surface area contributed by atoms with E-state index < -0.39 is 0 Å². The number of nitrogens with one attached hydrogen (secondary N) is 1. The Bertz CT molecular complexity index is 894. The van der Waals surface area contributed by atoms with Gasteiger partial charge in [0.2, 0.25) is 0 Å². The van der Waals surface area contributed by atoms with Crippen LogP contribution in [0.15, 0.2) is 67.0 Å². The molecule has 0 radical (unpaired) electrons. The van der Waals surface area contributed by atoms with E-state index in [0.29, 0.717) is 12.5 Å². The Morgan fingerprint density at radius 2 is 1.82 bits per heavy atom. The predicted octanol–water partition coefficient (Wildman–Crippen LogP) is 3.08. The highest BCUT2D eigenvalue weighted by atomic mass is 16.2. The van der Waals surface area contributed by atoms with Crippen LogP contribution in [0.25, 0.3) is 5.69 Å². The summed E-state index contributed by atoms with van der Waals surface area (Å²) in [6.45, 7) is 2.21. The highest BCUT2D eigenvalue weighted by Gasteiger charge is 2.27. The number of carbonyl (C=O) groups is 1. The molecule has 0 aliphatic carbocycles. The van der Waals surface area contributed by atoms with Crippen LogP contribution in [0, 0.1) is 5.92 Å². The molecule has 1 aliphatic rings. The Balaban J connectivity index is 1.28. The second-order valence-corrected chi connectivity index (χ2v) is 7.23. The molecule has 2 amide bonds. The van der Waals surface area contributed by atoms with E-state index in [4.69, 9.17) is 0 Å². The molecule has 1 aliphatic heterocycles. The minimum absolute atomic E-state index is 0.0305. The molecule has 3 aromatic rings. The summed E-state index contributed by atoms with van der Waals surface area (Å²) < 4.78 is 2.03. The van der Waals surface area contributed by atoms with Crippen molar-refractivity contribution in [2.24, 2.45) is 5.92 Å². The zero-order valence-electron chi connectivity index (χ0n) is 15.9. The van der Waals surface area contributed by atoms with Crippen LogP contribution in [0.2, 0.25) is 0 Å². The summed E-state index contributed by atoms with van der Waals surface area (Å²) in [6, 6.07) is 20.4. The van der Waals surface area contributed by atoms with E-state index in [2.05, 4.69) is 27.6 Å². The second-order valence-electron chi connectivity index (χ2n) is 7.23. The molecule has 1 atom stereocenters. The smallest absolute Gasteiger partial charge is 0.317 e. The second kappa shape index (κ2) is 8.69. The zero-order valence-corrected chi connectivity index (χ0v) is 15.9. The standard InChI is InChI=1S/C22H25N5O/c28-22(23-13-11-18-7-3-1-4-8-18)26-14-12-19(16-26)15-21-25-24-17-27(21)20-9-5-2-6-10-20/h1-10,17,19H,11-16H2,(H,23,28). The number of amides is 2. The molecule has 0 saturated carbocycles. The van der Waals surface area contributed by atoms with Crippen LogP contribution in [0.1, 0.15) is 17.8 Å². The maximum atomic E-state index is 12.5. The first-order valence-corrected chi connectivity index (χ1v) is 9.80. The SMILES string of the molecule is O=C(NCCc1ccccc1)N1CCC(Cc2nncn2-c2ccccc2)C1. The molecule has 6 heteroatoms. The van der Waals surface area contributed by atoms with Crippen LogP contribution in [0.5, 0.6) is 0 Å². The Labute approximate surface area is 165 Å². The normalized spacial score (nSPS) is 16.3. The first kappa shape index (κ1) is 18.2. The van der Waals surface area contributed by atoms with Crippen LogP contribution in [0.3, 0.4) is 0 Å². The molecule has 4 rings (SSSR count). The molecule has 28 heavy (non-hydrogen) atoms. The average molecular weight is 375 g/mol. The number of rotatable bonds is 6. The number of para-hydroxylation sites is 1. The van der Waals surface area contributed by atoms with Crippen LogP contribution in [-0.2, 0) is 12.8 Å². The molecule has 1 N–H and O–H groups in total. The molecular weight excluding hydrogens is 350 g/mol. The minimum atomic E-state index is 0.0305. The Morgan fingerprint density at radius 3 is 2.61 bits per heavy atom. The molecule has 2 aromatic carbocycles. The fraction of sp³-hybridized carbons (Fsp3) is 0.318. The van der Waals surface area contributed by atoms with Crippen molar-refractivity contribution < 1.29 is 4.79 Å². The quantitative estimate of drug-likeness (QED) is 0.720. The number of likely N-dealkylation sites (tertiary alicyclic amines) is 1. The van der Waals surface area contributed by atoms with Crippen molar-refractivity contribution in [3.8, 4) is 5.69 Å². The van der Waals surface area contributed by atoms with Crippen LogP contribution >= 0.6 is 0 Å². The van der Waals surface area contributed by atoms with Gasteiger partial charge in [0.05, 0.1) is 0 Å². The van der Waals surface area contributed by atoms with Crippen molar-refractivity contribution in [3.05, 3.63) is 78.4 Å². The van der Waals surface area contributed by atoms with E-state index in [9.17, 15) is 4.79 Å². The van der Waals surface area contributed by atoms with E-state index in [1.54, 1.807) is 6.33 Å². The highest BCUT2D eigenvalue weighted by Crippen LogP contribution is 2.21. The summed E-state index contributed by atoms with van der Waals surface area (Å²) in [5.74, 6) is 1.36. The van der Waals surface area contributed by atoms with Gasteiger partial charge in [0.25, 0.3) is 0 Å². The monoisotopic (exact) mass is 375 g/mol. The number of hydrogen-bond donors (Lipinski definition) is 1. The van der Waals surface area contributed by atoms with E-state index in [1.807, 2.05) is 58.0 Å².